The number of carboxylic acids is 2. The van der Waals surface area contributed by atoms with Gasteiger partial charge in [0.15, 0.2) is 0 Å². The molecule has 0 spiro atoms. The first-order valence-electron chi connectivity index (χ1n) is 31.5. The van der Waals surface area contributed by atoms with Gasteiger partial charge in [0.25, 0.3) is 0 Å². The molecule has 1 unspecified atom stereocenters. The molecule has 0 aromatic carbocycles. The van der Waals surface area contributed by atoms with Gasteiger partial charge in [-0.15, -0.1) is 24.8 Å². The van der Waals surface area contributed by atoms with Crippen LogP contribution in [0.25, 0.3) is 0 Å². The number of halogens is 2. The first-order chi connectivity index (χ1) is 33.8. The Bertz CT molecular complexity index is 1580. The van der Waals surface area contributed by atoms with Gasteiger partial charge in [-0.1, -0.05) is 189 Å². The number of fused-ring (bicyclic) bond motifs is 7. The highest BCUT2D eigenvalue weighted by Gasteiger charge is 2.72. The summed E-state index contributed by atoms with van der Waals surface area (Å²) in [5.74, 6) is 2.02. The average molecular weight is 1080 g/mol. The monoisotopic (exact) mass is 1080 g/mol. The van der Waals surface area contributed by atoms with Crippen molar-refractivity contribution in [3.8, 4) is 0 Å². The minimum Gasteiger partial charge on any atom is -0.550 e. The van der Waals surface area contributed by atoms with Gasteiger partial charge < -0.3 is 28.8 Å². The summed E-state index contributed by atoms with van der Waals surface area (Å²) >= 11 is 0. The molecule has 5 saturated carbocycles. The van der Waals surface area contributed by atoms with Crippen LogP contribution in [0, 0.1) is 56.7 Å². The lowest BCUT2D eigenvalue weighted by Crippen LogP contribution is -2.69. The molecular weight excluding hydrogens is 956 g/mol. The van der Waals surface area contributed by atoms with Crippen LogP contribution in [0.3, 0.4) is 0 Å². The van der Waals surface area contributed by atoms with E-state index < -0.39 is 11.9 Å². The first-order valence-corrected chi connectivity index (χ1v) is 31.5. The topological polar surface area (TPSA) is 80.3 Å². The molecule has 0 bridgehead atoms. The molecule has 0 aromatic rings. The SMILES string of the molecule is C=C(C)[C@@H]1CC[C@]2(C[N+](C)(C)CCCCCCCCCCCCCC)CC[C@]3(C)[C@H](CC[C@@H]4[C@@]5(C)CCC([N+](C)(C)CCCCCCCCCCCCCC)C(C)(C)[C@@H]5CC[C@]43C)[C@@H]12.CC(=O)[O-].CC(=O)[O-].Cl.Cl. The number of carboxylic acid groups (broad SMARTS) is 2. The van der Waals surface area contributed by atoms with Crippen LogP contribution >= 0.6 is 24.8 Å². The number of allylic oxidation sites excluding steroid dienone is 1. The van der Waals surface area contributed by atoms with Crippen LogP contribution in [0.4, 0.5) is 0 Å². The molecule has 5 aliphatic rings. The van der Waals surface area contributed by atoms with E-state index in [1.54, 1.807) is 0 Å². The standard InChI is InChI=1S/C62H118N2.2C2H4O2.2ClH/c1-14-16-18-20-22-24-26-28-30-32-34-36-48-63(10,11)50-62-45-40-52(51(3)4)57(62)53-38-39-55-59(7)43-42-56(58(5,6)54(59)41-44-61(55,9)60(53,8)46-47-62)64(12,13)49-37-35-33-31-29-27-25-23-21-19-17-15-2;2*1-2(3)4;;/h52-57H,3,14-50H2,1-2,4-13H3;2*1H3,(H,3,4);2*1H/q+2;;;;/p-2/t52-,53+,54-,55+,56?,57+,59-,60+,61+,62+;;;;/m0..../s1. The molecule has 6 nitrogen and oxygen atoms in total. The number of rotatable bonds is 30. The fourth-order valence-corrected chi connectivity index (χ4v) is 18.6. The second kappa shape index (κ2) is 33.1. The van der Waals surface area contributed by atoms with Crippen molar-refractivity contribution in [1.82, 2.24) is 0 Å². The quantitative estimate of drug-likeness (QED) is 0.0408. The summed E-state index contributed by atoms with van der Waals surface area (Å²) in [4.78, 5) is 17.8. The highest BCUT2D eigenvalue weighted by molar-refractivity contribution is 5.85. The number of nitrogens with zero attached hydrogens (tertiary/aromatic N) is 2. The molecule has 438 valence electrons. The Hall–Kier alpha value is -0.820. The van der Waals surface area contributed by atoms with Gasteiger partial charge in [0.05, 0.1) is 53.9 Å². The van der Waals surface area contributed by atoms with Gasteiger partial charge in [-0.2, -0.15) is 0 Å². The summed E-state index contributed by atoms with van der Waals surface area (Å²) < 4.78 is 2.49. The van der Waals surface area contributed by atoms with Gasteiger partial charge in [0.2, 0.25) is 0 Å². The molecule has 0 amide bonds. The molecule has 10 atom stereocenters. The second-order valence-electron chi connectivity index (χ2n) is 28.5. The highest BCUT2D eigenvalue weighted by atomic mass is 35.5. The Morgan fingerprint density at radius 1 is 0.500 bits per heavy atom. The Morgan fingerprint density at radius 3 is 1.35 bits per heavy atom. The van der Waals surface area contributed by atoms with Crippen LogP contribution in [-0.2, 0) is 9.59 Å². The number of hydrogen-bond acceptors (Lipinski definition) is 4. The molecule has 74 heavy (non-hydrogen) atoms. The van der Waals surface area contributed by atoms with Crippen LogP contribution in [0.1, 0.15) is 288 Å². The summed E-state index contributed by atoms with van der Waals surface area (Å²) in [6.45, 7) is 32.1. The van der Waals surface area contributed by atoms with Crippen LogP contribution in [-0.4, -0.2) is 74.8 Å². The van der Waals surface area contributed by atoms with Gasteiger partial charge in [-0.05, 0) is 150 Å². The highest BCUT2D eigenvalue weighted by Crippen LogP contribution is 2.78. The lowest BCUT2D eigenvalue weighted by atomic mass is 9.32. The molecule has 0 heterocycles. The Kier molecular flexibility index (Phi) is 31.8. The molecule has 8 heteroatoms. The zero-order chi connectivity index (χ0) is 53.9. The van der Waals surface area contributed by atoms with Gasteiger partial charge in [0, 0.05) is 29.2 Å². The van der Waals surface area contributed by atoms with Crippen LogP contribution in [0.5, 0.6) is 0 Å². The third kappa shape index (κ3) is 19.5. The van der Waals surface area contributed by atoms with Crippen molar-refractivity contribution in [2.45, 2.75) is 294 Å². The molecule has 0 aliphatic heterocycles. The van der Waals surface area contributed by atoms with E-state index in [0.717, 1.165) is 49.5 Å². The molecule has 0 radical (unpaired) electrons. The molecule has 5 aliphatic carbocycles. The average Bonchev–Trinajstić information content (AvgIpc) is 3.65. The summed E-state index contributed by atoms with van der Waals surface area (Å²) in [5.41, 5.74) is 3.81. The molecule has 0 N–H and O–H groups in total. The molecule has 5 fully saturated rings. The zero-order valence-corrected chi connectivity index (χ0v) is 53.3. The lowest BCUT2D eigenvalue weighted by molar-refractivity contribution is -0.925. The van der Waals surface area contributed by atoms with Gasteiger partial charge >= 0.3 is 0 Å². The predicted molar refractivity (Wildman–Crippen MR) is 320 cm³/mol. The van der Waals surface area contributed by atoms with Gasteiger partial charge in [0.1, 0.15) is 0 Å². The Balaban J connectivity index is 0.00000255. The molecule has 0 saturated heterocycles. The minimum atomic E-state index is -1.08. The van der Waals surface area contributed by atoms with Crippen molar-refractivity contribution in [2.75, 3.05) is 47.8 Å². The predicted octanol–water partition coefficient (Wildman–Crippen LogP) is 16.9. The van der Waals surface area contributed by atoms with Gasteiger partial charge in [-0.25, -0.2) is 0 Å². The number of carbonyl (C=O) groups is 2. The summed E-state index contributed by atoms with van der Waals surface area (Å²) in [6, 6.07) is 0.788. The van der Waals surface area contributed by atoms with E-state index in [1.807, 2.05) is 0 Å². The minimum absolute atomic E-state index is 0. The third-order valence-electron chi connectivity index (χ3n) is 22.0. The molecular formula is C66H126Cl2N2O4. The van der Waals surface area contributed by atoms with E-state index in [-0.39, 0.29) is 24.8 Å². The van der Waals surface area contributed by atoms with Crippen molar-refractivity contribution in [1.29, 1.82) is 0 Å². The smallest absolute Gasteiger partial charge is 0.0940 e. The maximum Gasteiger partial charge on any atom is 0.0940 e. The van der Waals surface area contributed by atoms with Crippen molar-refractivity contribution in [3.63, 3.8) is 0 Å². The van der Waals surface area contributed by atoms with Crippen molar-refractivity contribution >= 4 is 36.8 Å². The van der Waals surface area contributed by atoms with E-state index >= 15 is 0 Å². The normalized spacial score (nSPS) is 30.8. The summed E-state index contributed by atoms with van der Waals surface area (Å²) in [6.07, 6.45) is 49.4. The van der Waals surface area contributed by atoms with Crippen molar-refractivity contribution < 1.29 is 28.8 Å². The number of quaternary nitrogens is 2. The van der Waals surface area contributed by atoms with E-state index in [9.17, 15) is 0 Å². The van der Waals surface area contributed by atoms with E-state index in [0.29, 0.717) is 27.1 Å². The number of aliphatic carboxylic acids is 2. The summed E-state index contributed by atoms with van der Waals surface area (Å²) in [5, 5.41) is 17.8. The van der Waals surface area contributed by atoms with Crippen LogP contribution in [0.2, 0.25) is 0 Å². The summed E-state index contributed by atoms with van der Waals surface area (Å²) in [7, 11) is 10.5. The van der Waals surface area contributed by atoms with Crippen LogP contribution in [0.15, 0.2) is 12.2 Å². The largest absolute Gasteiger partial charge is 0.550 e. The maximum absolute atomic E-state index is 8.89. The van der Waals surface area contributed by atoms with E-state index in [2.05, 4.69) is 83.6 Å². The number of carbonyl (C=O) groups excluding carboxylic acids is 2. The zero-order valence-electron chi connectivity index (χ0n) is 51.7. The Labute approximate surface area is 473 Å². The van der Waals surface area contributed by atoms with Crippen LogP contribution < -0.4 is 10.2 Å². The van der Waals surface area contributed by atoms with Crippen molar-refractivity contribution in [2.24, 2.45) is 56.7 Å². The van der Waals surface area contributed by atoms with Gasteiger partial charge in [-0.3, -0.25) is 0 Å². The first kappa shape index (κ1) is 71.2. The Morgan fingerprint density at radius 2 is 0.919 bits per heavy atom. The van der Waals surface area contributed by atoms with E-state index in [4.69, 9.17) is 26.4 Å². The number of unbranched alkanes of at least 4 members (excludes halogenated alkanes) is 22. The fraction of sp³-hybridized carbons (Fsp3) is 0.939. The maximum atomic E-state index is 8.89. The molecule has 0 aromatic heterocycles. The van der Waals surface area contributed by atoms with E-state index in [1.165, 1.54) is 252 Å². The number of hydrogen-bond donors (Lipinski definition) is 0. The molecule has 5 rings (SSSR count). The van der Waals surface area contributed by atoms with Crippen molar-refractivity contribution in [3.05, 3.63) is 12.2 Å². The second-order valence-corrected chi connectivity index (χ2v) is 28.5. The lowest BCUT2D eigenvalue weighted by Gasteiger charge is -2.73. The fourth-order valence-electron chi connectivity index (χ4n) is 18.6. The third-order valence-corrected chi connectivity index (χ3v) is 22.0.